The second-order valence-corrected chi connectivity index (χ2v) is 5.24. The van der Waals surface area contributed by atoms with Gasteiger partial charge in [-0.05, 0) is 36.8 Å². The first kappa shape index (κ1) is 13.6. The Bertz CT molecular complexity index is 717. The third-order valence-corrected chi connectivity index (χ3v) is 3.46. The molecule has 1 heterocycles. The maximum absolute atomic E-state index is 12.9. The number of hydrogen-bond acceptors (Lipinski definition) is 3. The highest BCUT2D eigenvalue weighted by Crippen LogP contribution is 2.22. The van der Waals surface area contributed by atoms with E-state index in [0.717, 1.165) is 11.0 Å². The number of imidazole rings is 1. The van der Waals surface area contributed by atoms with Gasteiger partial charge in [0.15, 0.2) is 0 Å². The van der Waals surface area contributed by atoms with Gasteiger partial charge in [0.1, 0.15) is 11.4 Å². The Kier molecular flexibility index (Phi) is 3.35. The smallest absolute Gasteiger partial charge is 0.201 e. The number of anilines is 1. The fourth-order valence-corrected chi connectivity index (χ4v) is 2.20. The summed E-state index contributed by atoms with van der Waals surface area (Å²) in [4.78, 5) is 7.52. The van der Waals surface area contributed by atoms with Crippen molar-refractivity contribution in [3.63, 3.8) is 0 Å². The monoisotopic (exact) mass is 285 g/mol. The molecule has 3 rings (SSSR count). The second kappa shape index (κ2) is 5.18. The first-order chi connectivity index (χ1) is 10.0. The number of hydrogen-bond donors (Lipinski definition) is 3. The van der Waals surface area contributed by atoms with E-state index in [0.29, 0.717) is 11.5 Å². The quantitative estimate of drug-likeness (QED) is 0.690. The van der Waals surface area contributed by atoms with Crippen LogP contribution in [0, 0.1) is 5.82 Å². The fraction of sp³-hybridized carbons (Fsp3) is 0.188. The third kappa shape index (κ3) is 2.87. The van der Waals surface area contributed by atoms with Gasteiger partial charge in [-0.1, -0.05) is 24.3 Å². The summed E-state index contributed by atoms with van der Waals surface area (Å²) in [5, 5.41) is 13.6. The van der Waals surface area contributed by atoms with Crippen molar-refractivity contribution < 1.29 is 9.50 Å². The third-order valence-electron chi connectivity index (χ3n) is 3.46. The largest absolute Gasteiger partial charge is 0.384 e. The molecule has 0 aliphatic rings. The van der Waals surface area contributed by atoms with Crippen molar-refractivity contribution in [2.24, 2.45) is 0 Å². The van der Waals surface area contributed by atoms with Gasteiger partial charge in [-0.2, -0.15) is 0 Å². The van der Waals surface area contributed by atoms with Gasteiger partial charge in [-0.3, -0.25) is 0 Å². The van der Waals surface area contributed by atoms with Crippen LogP contribution in [0.3, 0.4) is 0 Å². The average molecular weight is 285 g/mol. The van der Waals surface area contributed by atoms with E-state index >= 15 is 0 Å². The summed E-state index contributed by atoms with van der Waals surface area (Å²) < 4.78 is 12.9. The molecule has 0 bridgehead atoms. The number of para-hydroxylation sites is 2. The first-order valence-corrected chi connectivity index (χ1v) is 6.72. The van der Waals surface area contributed by atoms with E-state index < -0.39 is 5.60 Å². The highest BCUT2D eigenvalue weighted by Gasteiger charge is 2.23. The number of fused-ring (bicyclic) bond motifs is 1. The van der Waals surface area contributed by atoms with Crippen LogP contribution in [-0.4, -0.2) is 21.6 Å². The first-order valence-electron chi connectivity index (χ1n) is 6.72. The van der Waals surface area contributed by atoms with Crippen LogP contribution in [0.4, 0.5) is 10.3 Å². The van der Waals surface area contributed by atoms with Crippen molar-refractivity contribution in [3.05, 3.63) is 59.9 Å². The number of halogens is 1. The molecule has 5 heteroatoms. The van der Waals surface area contributed by atoms with Gasteiger partial charge in [-0.15, -0.1) is 0 Å². The van der Waals surface area contributed by atoms with Crippen molar-refractivity contribution in [3.8, 4) is 0 Å². The topological polar surface area (TPSA) is 60.9 Å². The van der Waals surface area contributed by atoms with Gasteiger partial charge in [0.05, 0.1) is 17.6 Å². The molecule has 3 N–H and O–H groups in total. The number of nitrogens with one attached hydrogen (secondary N) is 2. The van der Waals surface area contributed by atoms with Crippen LogP contribution in [0.25, 0.3) is 11.0 Å². The minimum atomic E-state index is -1.12. The van der Waals surface area contributed by atoms with E-state index in [1.807, 2.05) is 24.3 Å². The lowest BCUT2D eigenvalue weighted by Gasteiger charge is -2.24. The van der Waals surface area contributed by atoms with Crippen LogP contribution in [-0.2, 0) is 5.60 Å². The van der Waals surface area contributed by atoms with Gasteiger partial charge in [0.2, 0.25) is 5.95 Å². The Balaban J connectivity index is 1.75. The van der Waals surface area contributed by atoms with Gasteiger partial charge in [0, 0.05) is 0 Å². The number of H-pyrrole nitrogens is 1. The highest BCUT2D eigenvalue weighted by molar-refractivity contribution is 5.77. The van der Waals surface area contributed by atoms with Gasteiger partial charge in [-0.25, -0.2) is 9.37 Å². The lowest BCUT2D eigenvalue weighted by molar-refractivity contribution is 0.0713. The summed E-state index contributed by atoms with van der Waals surface area (Å²) in [5.41, 5.74) is 1.32. The van der Waals surface area contributed by atoms with E-state index in [1.165, 1.54) is 12.1 Å². The van der Waals surface area contributed by atoms with Crippen LogP contribution in [0.1, 0.15) is 12.5 Å². The maximum Gasteiger partial charge on any atom is 0.201 e. The summed E-state index contributed by atoms with van der Waals surface area (Å²) in [6.07, 6.45) is 0. The van der Waals surface area contributed by atoms with Crippen LogP contribution in [0.5, 0.6) is 0 Å². The molecule has 4 nitrogen and oxygen atoms in total. The summed E-state index contributed by atoms with van der Waals surface area (Å²) in [6, 6.07) is 13.5. The van der Waals surface area contributed by atoms with Crippen molar-refractivity contribution in [1.82, 2.24) is 9.97 Å². The maximum atomic E-state index is 12.9. The standard InChI is InChI=1S/C16H16FN3O/c1-16(21,11-6-8-12(17)9-7-11)10-18-15-19-13-4-2-3-5-14(13)20-15/h2-9,21H,10H2,1H3,(H2,18,19,20). The SMILES string of the molecule is CC(O)(CNc1nc2ccccc2[nH]1)c1ccc(F)cc1. The molecule has 1 unspecified atom stereocenters. The van der Waals surface area contributed by atoms with Gasteiger partial charge < -0.3 is 15.4 Å². The molecule has 0 aliphatic heterocycles. The molecule has 0 aliphatic carbocycles. The number of benzene rings is 2. The molecule has 3 aromatic rings. The zero-order valence-corrected chi connectivity index (χ0v) is 11.6. The fourth-order valence-electron chi connectivity index (χ4n) is 2.20. The predicted molar refractivity (Wildman–Crippen MR) is 80.6 cm³/mol. The summed E-state index contributed by atoms with van der Waals surface area (Å²) in [6.45, 7) is 1.94. The molecule has 21 heavy (non-hydrogen) atoms. The van der Waals surface area contributed by atoms with Crippen LogP contribution < -0.4 is 5.32 Å². The number of nitrogens with zero attached hydrogens (tertiary/aromatic N) is 1. The van der Waals surface area contributed by atoms with Crippen molar-refractivity contribution in [1.29, 1.82) is 0 Å². The van der Waals surface area contributed by atoms with Crippen molar-refractivity contribution >= 4 is 17.0 Å². The molecule has 0 fully saturated rings. The van der Waals surface area contributed by atoms with Crippen LogP contribution in [0.15, 0.2) is 48.5 Å². The highest BCUT2D eigenvalue weighted by atomic mass is 19.1. The number of aliphatic hydroxyl groups is 1. The molecule has 0 spiro atoms. The zero-order valence-electron chi connectivity index (χ0n) is 11.6. The lowest BCUT2D eigenvalue weighted by atomic mass is 9.96. The molecule has 0 amide bonds. The lowest BCUT2D eigenvalue weighted by Crippen LogP contribution is -2.31. The second-order valence-electron chi connectivity index (χ2n) is 5.24. The van der Waals surface area contributed by atoms with Crippen molar-refractivity contribution in [2.75, 3.05) is 11.9 Å². The number of aromatic nitrogens is 2. The van der Waals surface area contributed by atoms with Gasteiger partial charge in [0.25, 0.3) is 0 Å². The Labute approximate surface area is 121 Å². The minimum absolute atomic E-state index is 0.262. The van der Waals surface area contributed by atoms with Crippen LogP contribution >= 0.6 is 0 Å². The Morgan fingerprint density at radius 3 is 2.62 bits per heavy atom. The number of aromatic amines is 1. The van der Waals surface area contributed by atoms with Crippen LogP contribution in [0.2, 0.25) is 0 Å². The van der Waals surface area contributed by atoms with Gasteiger partial charge >= 0.3 is 0 Å². The summed E-state index contributed by atoms with van der Waals surface area (Å²) in [7, 11) is 0. The Morgan fingerprint density at radius 2 is 1.90 bits per heavy atom. The number of rotatable bonds is 4. The van der Waals surface area contributed by atoms with Crippen molar-refractivity contribution in [2.45, 2.75) is 12.5 Å². The average Bonchev–Trinajstić information content (AvgIpc) is 2.89. The molecule has 108 valence electrons. The van der Waals surface area contributed by atoms with E-state index in [4.69, 9.17) is 0 Å². The predicted octanol–water partition coefficient (Wildman–Crippen LogP) is 3.02. The zero-order chi connectivity index (χ0) is 14.9. The summed E-state index contributed by atoms with van der Waals surface area (Å²) >= 11 is 0. The molecular weight excluding hydrogens is 269 g/mol. The van der Waals surface area contributed by atoms with E-state index in [9.17, 15) is 9.50 Å². The molecule has 1 aromatic heterocycles. The molecule has 2 aromatic carbocycles. The summed E-state index contributed by atoms with van der Waals surface area (Å²) in [5.74, 6) is 0.276. The molecular formula is C16H16FN3O. The molecule has 1 atom stereocenters. The molecule has 0 radical (unpaired) electrons. The molecule has 0 saturated carbocycles. The van der Waals surface area contributed by atoms with E-state index in [1.54, 1.807) is 19.1 Å². The van der Waals surface area contributed by atoms with E-state index in [-0.39, 0.29) is 12.4 Å². The normalized spacial score (nSPS) is 14.0. The minimum Gasteiger partial charge on any atom is -0.384 e. The Hall–Kier alpha value is -2.40. The molecule has 0 saturated heterocycles. The Morgan fingerprint density at radius 1 is 1.19 bits per heavy atom. The van der Waals surface area contributed by atoms with E-state index in [2.05, 4.69) is 15.3 Å².